The summed E-state index contributed by atoms with van der Waals surface area (Å²) in [7, 11) is 3.32. The molecule has 0 aliphatic heterocycles. The summed E-state index contributed by atoms with van der Waals surface area (Å²) in [4.78, 5) is 11.7. The van der Waals surface area contributed by atoms with E-state index in [1.165, 1.54) is 6.20 Å². The Morgan fingerprint density at radius 3 is 2.94 bits per heavy atom. The number of aromatic nitrogens is 2. The van der Waals surface area contributed by atoms with Gasteiger partial charge in [-0.15, -0.1) is 0 Å². The number of carbonyl (C=O) groups is 1. The van der Waals surface area contributed by atoms with Crippen molar-refractivity contribution < 1.29 is 14.6 Å². The van der Waals surface area contributed by atoms with Gasteiger partial charge in [-0.25, -0.2) is 0 Å². The van der Waals surface area contributed by atoms with Crippen LogP contribution in [0.2, 0.25) is 0 Å². The van der Waals surface area contributed by atoms with Gasteiger partial charge in [0.2, 0.25) is 0 Å². The molecule has 1 aromatic heterocycles. The molecule has 0 spiro atoms. The summed E-state index contributed by atoms with van der Waals surface area (Å²) < 4.78 is 6.44. The first-order chi connectivity index (χ1) is 7.94. The van der Waals surface area contributed by atoms with Gasteiger partial charge in [-0.2, -0.15) is 5.10 Å². The third-order valence-electron chi connectivity index (χ3n) is 2.44. The van der Waals surface area contributed by atoms with Gasteiger partial charge >= 0.3 is 0 Å². The van der Waals surface area contributed by atoms with Crippen molar-refractivity contribution in [2.45, 2.75) is 18.9 Å². The highest BCUT2D eigenvalue weighted by atomic mass is 16.5. The number of aryl methyl sites for hydroxylation is 1. The molecule has 2 N–H and O–H groups in total. The number of aliphatic hydroxyl groups is 1. The average molecular weight is 241 g/mol. The summed E-state index contributed by atoms with van der Waals surface area (Å²) in [5, 5.41) is 16.5. The molecular formula is C11H19N3O3. The predicted molar refractivity (Wildman–Crippen MR) is 62.7 cm³/mol. The Bertz CT molecular complexity index is 374. The molecule has 1 heterocycles. The first kappa shape index (κ1) is 13.7. The van der Waals surface area contributed by atoms with Crippen molar-refractivity contribution in [3.63, 3.8) is 0 Å². The smallest absolute Gasteiger partial charge is 0.254 e. The minimum atomic E-state index is -0.964. The summed E-state index contributed by atoms with van der Waals surface area (Å²) in [5.74, 6) is -0.240. The Kier molecular flexibility index (Phi) is 4.65. The second kappa shape index (κ2) is 5.79. The van der Waals surface area contributed by atoms with Gasteiger partial charge in [0.1, 0.15) is 0 Å². The van der Waals surface area contributed by atoms with Crippen LogP contribution < -0.4 is 5.32 Å². The van der Waals surface area contributed by atoms with Crippen LogP contribution in [0.5, 0.6) is 0 Å². The lowest BCUT2D eigenvalue weighted by Gasteiger charge is -2.22. The van der Waals surface area contributed by atoms with E-state index in [1.807, 2.05) is 0 Å². The van der Waals surface area contributed by atoms with Crippen LogP contribution in [0.3, 0.4) is 0 Å². The zero-order chi connectivity index (χ0) is 12.9. The van der Waals surface area contributed by atoms with E-state index in [0.29, 0.717) is 18.6 Å². The SMILES string of the molecule is COCCC(C)(O)CNC(=O)c1cnn(C)c1. The van der Waals surface area contributed by atoms with Gasteiger partial charge in [-0.1, -0.05) is 0 Å². The number of carbonyl (C=O) groups excluding carboxylic acids is 1. The molecule has 1 rings (SSSR count). The van der Waals surface area contributed by atoms with Crippen LogP contribution in [-0.4, -0.2) is 46.7 Å². The van der Waals surface area contributed by atoms with Gasteiger partial charge in [0.15, 0.2) is 0 Å². The highest BCUT2D eigenvalue weighted by Gasteiger charge is 2.21. The molecular weight excluding hydrogens is 222 g/mol. The van der Waals surface area contributed by atoms with Crippen LogP contribution in [0.15, 0.2) is 12.4 Å². The number of rotatable bonds is 6. The summed E-state index contributed by atoms with van der Waals surface area (Å²) in [6, 6.07) is 0. The van der Waals surface area contributed by atoms with Crippen molar-refractivity contribution in [1.82, 2.24) is 15.1 Å². The van der Waals surface area contributed by atoms with Crippen LogP contribution in [0, 0.1) is 0 Å². The lowest BCUT2D eigenvalue weighted by atomic mass is 10.0. The van der Waals surface area contributed by atoms with Crippen LogP contribution >= 0.6 is 0 Å². The minimum Gasteiger partial charge on any atom is -0.388 e. The normalized spacial score (nSPS) is 14.4. The molecule has 0 aliphatic rings. The molecule has 0 bridgehead atoms. The standard InChI is InChI=1S/C11H19N3O3/c1-11(16,4-5-17-3)8-12-10(15)9-6-13-14(2)7-9/h6-7,16H,4-5,8H2,1-3H3,(H,12,15). The Hall–Kier alpha value is -1.40. The van der Waals surface area contributed by atoms with E-state index in [1.54, 1.807) is 32.0 Å². The molecule has 1 aromatic rings. The Labute approximate surface area is 101 Å². The Morgan fingerprint density at radius 2 is 2.41 bits per heavy atom. The second-order valence-corrected chi connectivity index (χ2v) is 4.33. The molecule has 6 nitrogen and oxygen atoms in total. The van der Waals surface area contributed by atoms with Gasteiger partial charge in [-0.3, -0.25) is 9.48 Å². The fourth-order valence-corrected chi connectivity index (χ4v) is 1.32. The Morgan fingerprint density at radius 1 is 1.71 bits per heavy atom. The lowest BCUT2D eigenvalue weighted by molar-refractivity contribution is 0.0243. The van der Waals surface area contributed by atoms with Crippen molar-refractivity contribution in [3.05, 3.63) is 18.0 Å². The van der Waals surface area contributed by atoms with Gasteiger partial charge < -0.3 is 15.2 Å². The highest BCUT2D eigenvalue weighted by molar-refractivity contribution is 5.93. The maximum atomic E-state index is 11.7. The van der Waals surface area contributed by atoms with Gasteiger partial charge in [0.05, 0.1) is 17.4 Å². The van der Waals surface area contributed by atoms with Crippen LogP contribution in [-0.2, 0) is 11.8 Å². The molecule has 0 aromatic carbocycles. The fraction of sp³-hybridized carbons (Fsp3) is 0.636. The fourth-order valence-electron chi connectivity index (χ4n) is 1.32. The molecule has 0 aliphatic carbocycles. The Balaban J connectivity index is 2.42. The largest absolute Gasteiger partial charge is 0.388 e. The number of nitrogens with one attached hydrogen (secondary N) is 1. The molecule has 1 unspecified atom stereocenters. The van der Waals surface area contributed by atoms with Crippen molar-refractivity contribution in [2.24, 2.45) is 7.05 Å². The van der Waals surface area contributed by atoms with E-state index < -0.39 is 5.60 Å². The number of hydrogen-bond donors (Lipinski definition) is 2. The van der Waals surface area contributed by atoms with Crippen LogP contribution in [0.25, 0.3) is 0 Å². The monoisotopic (exact) mass is 241 g/mol. The molecule has 96 valence electrons. The molecule has 0 saturated carbocycles. The highest BCUT2D eigenvalue weighted by Crippen LogP contribution is 2.08. The zero-order valence-electron chi connectivity index (χ0n) is 10.4. The molecule has 1 atom stereocenters. The van der Waals surface area contributed by atoms with Crippen molar-refractivity contribution in [2.75, 3.05) is 20.3 Å². The maximum Gasteiger partial charge on any atom is 0.254 e. The van der Waals surface area contributed by atoms with E-state index >= 15 is 0 Å². The lowest BCUT2D eigenvalue weighted by Crippen LogP contribution is -2.41. The third-order valence-corrected chi connectivity index (χ3v) is 2.44. The maximum absolute atomic E-state index is 11.7. The molecule has 0 fully saturated rings. The van der Waals surface area contributed by atoms with E-state index in [2.05, 4.69) is 10.4 Å². The van der Waals surface area contributed by atoms with Crippen molar-refractivity contribution in [1.29, 1.82) is 0 Å². The zero-order valence-corrected chi connectivity index (χ0v) is 10.4. The van der Waals surface area contributed by atoms with Gasteiger partial charge in [0.25, 0.3) is 5.91 Å². The van der Waals surface area contributed by atoms with Gasteiger partial charge in [0, 0.05) is 39.9 Å². The minimum absolute atomic E-state index is 0.185. The van der Waals surface area contributed by atoms with Crippen molar-refractivity contribution >= 4 is 5.91 Å². The summed E-state index contributed by atoms with van der Waals surface area (Å²) in [6.45, 7) is 2.30. The summed E-state index contributed by atoms with van der Waals surface area (Å²) in [5.41, 5.74) is -0.483. The van der Waals surface area contributed by atoms with E-state index in [0.717, 1.165) is 0 Å². The molecule has 1 amide bonds. The molecule has 0 radical (unpaired) electrons. The first-order valence-electron chi connectivity index (χ1n) is 5.43. The number of amides is 1. The van der Waals surface area contributed by atoms with E-state index in [-0.39, 0.29) is 12.5 Å². The number of methoxy groups -OCH3 is 1. The van der Waals surface area contributed by atoms with Crippen LogP contribution in [0.4, 0.5) is 0 Å². The number of hydrogen-bond acceptors (Lipinski definition) is 4. The van der Waals surface area contributed by atoms with E-state index in [4.69, 9.17) is 4.74 Å². The number of nitrogens with zero attached hydrogens (tertiary/aromatic N) is 2. The van der Waals surface area contributed by atoms with Crippen LogP contribution in [0.1, 0.15) is 23.7 Å². The molecule has 17 heavy (non-hydrogen) atoms. The van der Waals surface area contributed by atoms with Crippen molar-refractivity contribution in [3.8, 4) is 0 Å². The summed E-state index contributed by atoms with van der Waals surface area (Å²) >= 11 is 0. The molecule has 0 saturated heterocycles. The first-order valence-corrected chi connectivity index (χ1v) is 5.43. The van der Waals surface area contributed by atoms with E-state index in [9.17, 15) is 9.90 Å². The molecule has 6 heteroatoms. The predicted octanol–water partition coefficient (Wildman–Crippen LogP) is -0.0626. The van der Waals surface area contributed by atoms with Gasteiger partial charge in [-0.05, 0) is 6.92 Å². The second-order valence-electron chi connectivity index (χ2n) is 4.33. The number of ether oxygens (including phenoxy) is 1. The quantitative estimate of drug-likeness (QED) is 0.731. The summed E-state index contributed by atoms with van der Waals surface area (Å²) in [6.07, 6.45) is 3.58. The topological polar surface area (TPSA) is 76.4 Å². The average Bonchev–Trinajstić information content (AvgIpc) is 2.70. The third kappa shape index (κ3) is 4.54.